The van der Waals surface area contributed by atoms with Crippen LogP contribution in [0.15, 0.2) is 0 Å². The second-order valence-electron chi connectivity index (χ2n) is 5.65. The van der Waals surface area contributed by atoms with Crippen LogP contribution >= 0.6 is 11.6 Å². The lowest BCUT2D eigenvalue weighted by Gasteiger charge is -2.41. The summed E-state index contributed by atoms with van der Waals surface area (Å²) in [5, 5.41) is 2.71. The number of hydrogen-bond acceptors (Lipinski definition) is 5. The molecule has 6 nitrogen and oxygen atoms in total. The number of carbonyl (C=O) groups is 2. The Morgan fingerprint density at radius 3 is 2.62 bits per heavy atom. The number of piperazine rings is 1. The molecule has 1 aliphatic heterocycles. The SMILES string of the molecule is CCCc1nc(Cl)c(C)c(N2CC(=O)NC(=O)C2(C)C)n1. The molecule has 1 saturated heterocycles. The summed E-state index contributed by atoms with van der Waals surface area (Å²) < 4.78 is 0. The Labute approximate surface area is 128 Å². The third kappa shape index (κ3) is 2.85. The van der Waals surface area contributed by atoms with E-state index in [4.69, 9.17) is 11.6 Å². The summed E-state index contributed by atoms with van der Waals surface area (Å²) in [7, 11) is 0. The fraction of sp³-hybridized carbons (Fsp3) is 0.571. The summed E-state index contributed by atoms with van der Waals surface area (Å²) in [6.07, 6.45) is 1.59. The summed E-state index contributed by atoms with van der Waals surface area (Å²) in [5.74, 6) is 0.486. The average molecular weight is 311 g/mol. The van der Waals surface area contributed by atoms with Crippen LogP contribution in [0.2, 0.25) is 5.15 Å². The van der Waals surface area contributed by atoms with Gasteiger partial charge >= 0.3 is 0 Å². The fourth-order valence-electron chi connectivity index (χ4n) is 2.24. The largest absolute Gasteiger partial charge is 0.333 e. The molecule has 2 amide bonds. The van der Waals surface area contributed by atoms with Crippen LogP contribution in [0.4, 0.5) is 5.82 Å². The molecule has 0 aliphatic carbocycles. The molecule has 114 valence electrons. The zero-order valence-electron chi connectivity index (χ0n) is 12.7. The van der Waals surface area contributed by atoms with Crippen molar-refractivity contribution in [3.8, 4) is 0 Å². The zero-order chi connectivity index (χ0) is 15.8. The molecule has 1 aromatic rings. The number of hydrogen-bond donors (Lipinski definition) is 1. The molecular weight excluding hydrogens is 292 g/mol. The van der Waals surface area contributed by atoms with Gasteiger partial charge < -0.3 is 4.90 Å². The van der Waals surface area contributed by atoms with E-state index in [0.29, 0.717) is 28.8 Å². The minimum absolute atomic E-state index is 0.0679. The Morgan fingerprint density at radius 1 is 1.33 bits per heavy atom. The lowest BCUT2D eigenvalue weighted by molar-refractivity contribution is -0.135. The van der Waals surface area contributed by atoms with Crippen molar-refractivity contribution in [1.82, 2.24) is 15.3 Å². The molecule has 0 spiro atoms. The molecule has 0 unspecified atom stereocenters. The molecular formula is C14H19ClN4O2. The van der Waals surface area contributed by atoms with Gasteiger partial charge in [0.2, 0.25) is 5.91 Å². The first kappa shape index (κ1) is 15.7. The molecule has 2 rings (SSSR count). The van der Waals surface area contributed by atoms with E-state index in [1.807, 2.05) is 6.92 Å². The van der Waals surface area contributed by atoms with Crippen molar-refractivity contribution in [2.24, 2.45) is 0 Å². The minimum atomic E-state index is -0.875. The maximum atomic E-state index is 12.1. The van der Waals surface area contributed by atoms with E-state index in [-0.39, 0.29) is 18.4 Å². The molecule has 1 aliphatic rings. The maximum absolute atomic E-state index is 12.1. The summed E-state index contributed by atoms with van der Waals surface area (Å²) in [5.41, 5.74) is -0.202. The van der Waals surface area contributed by atoms with E-state index in [2.05, 4.69) is 15.3 Å². The van der Waals surface area contributed by atoms with Crippen molar-refractivity contribution < 1.29 is 9.59 Å². The number of imide groups is 1. The highest BCUT2D eigenvalue weighted by Gasteiger charge is 2.42. The van der Waals surface area contributed by atoms with Gasteiger partial charge in [0.15, 0.2) is 0 Å². The number of halogens is 1. The number of aryl methyl sites for hydroxylation is 1. The van der Waals surface area contributed by atoms with Gasteiger partial charge in [-0.25, -0.2) is 9.97 Å². The van der Waals surface area contributed by atoms with E-state index < -0.39 is 5.54 Å². The summed E-state index contributed by atoms with van der Waals surface area (Å²) in [4.78, 5) is 34.2. The number of aromatic nitrogens is 2. The van der Waals surface area contributed by atoms with E-state index in [1.165, 1.54) is 0 Å². The van der Waals surface area contributed by atoms with Crippen LogP contribution in [0.1, 0.15) is 38.6 Å². The van der Waals surface area contributed by atoms with Crippen LogP contribution in [0.25, 0.3) is 0 Å². The van der Waals surface area contributed by atoms with Gasteiger partial charge in [0, 0.05) is 12.0 Å². The van der Waals surface area contributed by atoms with Gasteiger partial charge in [-0.2, -0.15) is 0 Å². The summed E-state index contributed by atoms with van der Waals surface area (Å²) >= 11 is 6.18. The Balaban J connectivity index is 2.53. The highest BCUT2D eigenvalue weighted by Crippen LogP contribution is 2.30. The van der Waals surface area contributed by atoms with Gasteiger partial charge in [-0.1, -0.05) is 18.5 Å². The molecule has 1 fully saturated rings. The van der Waals surface area contributed by atoms with Crippen LogP contribution in [-0.4, -0.2) is 33.9 Å². The first-order chi connectivity index (χ1) is 9.77. The van der Waals surface area contributed by atoms with Crippen LogP contribution in [0.3, 0.4) is 0 Å². The van der Waals surface area contributed by atoms with Crippen molar-refractivity contribution in [2.45, 2.75) is 46.1 Å². The third-order valence-corrected chi connectivity index (χ3v) is 3.99. The predicted molar refractivity (Wildman–Crippen MR) is 80.3 cm³/mol. The lowest BCUT2D eigenvalue weighted by Crippen LogP contribution is -2.64. The van der Waals surface area contributed by atoms with Crippen molar-refractivity contribution in [1.29, 1.82) is 0 Å². The second-order valence-corrected chi connectivity index (χ2v) is 6.01. The monoisotopic (exact) mass is 310 g/mol. The molecule has 1 N–H and O–H groups in total. The number of rotatable bonds is 3. The zero-order valence-corrected chi connectivity index (χ0v) is 13.4. The van der Waals surface area contributed by atoms with Crippen molar-refractivity contribution >= 4 is 29.2 Å². The van der Waals surface area contributed by atoms with Crippen molar-refractivity contribution in [3.05, 3.63) is 16.5 Å². The van der Waals surface area contributed by atoms with E-state index in [1.54, 1.807) is 25.7 Å². The van der Waals surface area contributed by atoms with E-state index in [9.17, 15) is 9.59 Å². The second kappa shape index (κ2) is 5.60. The Hall–Kier alpha value is -1.69. The van der Waals surface area contributed by atoms with Crippen LogP contribution in [0.5, 0.6) is 0 Å². The summed E-state index contributed by atoms with van der Waals surface area (Å²) in [6.45, 7) is 7.39. The standard InChI is InChI=1S/C14H19ClN4O2/c1-5-6-9-16-11(15)8(2)12(17-9)19-7-10(20)18-13(21)14(19,3)4/h5-7H2,1-4H3,(H,18,20,21). The van der Waals surface area contributed by atoms with Crippen molar-refractivity contribution in [3.63, 3.8) is 0 Å². The lowest BCUT2D eigenvalue weighted by atomic mass is 9.98. The van der Waals surface area contributed by atoms with Gasteiger partial charge in [-0.3, -0.25) is 14.9 Å². The normalized spacial score (nSPS) is 17.9. The van der Waals surface area contributed by atoms with Gasteiger partial charge in [-0.05, 0) is 27.2 Å². The minimum Gasteiger partial charge on any atom is -0.333 e. The van der Waals surface area contributed by atoms with Gasteiger partial charge in [0.25, 0.3) is 5.91 Å². The fourth-order valence-corrected chi connectivity index (χ4v) is 2.42. The number of nitrogens with zero attached hydrogens (tertiary/aromatic N) is 3. The molecule has 0 radical (unpaired) electrons. The molecule has 0 saturated carbocycles. The van der Waals surface area contributed by atoms with Gasteiger partial charge in [0.05, 0.1) is 6.54 Å². The maximum Gasteiger partial charge on any atom is 0.251 e. The van der Waals surface area contributed by atoms with Crippen LogP contribution in [0, 0.1) is 6.92 Å². The van der Waals surface area contributed by atoms with E-state index in [0.717, 1.165) is 6.42 Å². The van der Waals surface area contributed by atoms with Gasteiger partial charge in [-0.15, -0.1) is 0 Å². The smallest absolute Gasteiger partial charge is 0.251 e. The highest BCUT2D eigenvalue weighted by molar-refractivity contribution is 6.30. The number of anilines is 1. The molecule has 0 bridgehead atoms. The van der Waals surface area contributed by atoms with Crippen molar-refractivity contribution in [2.75, 3.05) is 11.4 Å². The topological polar surface area (TPSA) is 75.2 Å². The van der Waals surface area contributed by atoms with Crippen LogP contribution in [-0.2, 0) is 16.0 Å². The predicted octanol–water partition coefficient (Wildman–Crippen LogP) is 1.63. The molecule has 0 atom stereocenters. The van der Waals surface area contributed by atoms with Crippen LogP contribution < -0.4 is 10.2 Å². The number of carbonyl (C=O) groups excluding carboxylic acids is 2. The van der Waals surface area contributed by atoms with Gasteiger partial charge in [0.1, 0.15) is 22.3 Å². The quantitative estimate of drug-likeness (QED) is 0.678. The summed E-state index contributed by atoms with van der Waals surface area (Å²) in [6, 6.07) is 0. The Morgan fingerprint density at radius 2 is 2.00 bits per heavy atom. The first-order valence-corrected chi connectivity index (χ1v) is 7.30. The highest BCUT2D eigenvalue weighted by atomic mass is 35.5. The molecule has 7 heteroatoms. The number of nitrogens with one attached hydrogen (secondary N) is 1. The molecule has 0 aromatic carbocycles. The Kier molecular flexibility index (Phi) is 4.18. The molecule has 21 heavy (non-hydrogen) atoms. The van der Waals surface area contributed by atoms with E-state index >= 15 is 0 Å². The third-order valence-electron chi connectivity index (χ3n) is 3.62. The Bertz CT molecular complexity index is 601. The molecule has 1 aromatic heterocycles. The first-order valence-electron chi connectivity index (χ1n) is 6.92. The number of amides is 2. The average Bonchev–Trinajstić information content (AvgIpc) is 2.39. The molecule has 2 heterocycles.